The summed E-state index contributed by atoms with van der Waals surface area (Å²) in [6.45, 7) is 2.88. The van der Waals surface area contributed by atoms with Crippen LogP contribution in [0.1, 0.15) is 10.7 Å². The fraction of sp³-hybridized carbons (Fsp3) is 0.231. The Morgan fingerprint density at radius 2 is 2.32 bits per heavy atom. The number of nitrogens with zero attached hydrogens (tertiary/aromatic N) is 2. The number of hydrogen-bond donors (Lipinski definition) is 1. The van der Waals surface area contributed by atoms with E-state index < -0.39 is 0 Å². The lowest BCUT2D eigenvalue weighted by Gasteiger charge is -2.02. The molecule has 0 bridgehead atoms. The Morgan fingerprint density at radius 3 is 3.05 bits per heavy atom. The maximum Gasteiger partial charge on any atom is 0.178 e. The Morgan fingerprint density at radius 1 is 1.47 bits per heavy atom. The number of imidazole rings is 1. The van der Waals surface area contributed by atoms with Gasteiger partial charge in [0.05, 0.1) is 16.0 Å². The SMILES string of the molecule is Cc1csc(CCn2c(=S)[nH]c3cc(Br)ccc32)n1. The van der Waals surface area contributed by atoms with Crippen molar-refractivity contribution >= 4 is 50.5 Å². The molecule has 0 aliphatic rings. The van der Waals surface area contributed by atoms with Crippen LogP contribution >= 0.6 is 39.5 Å². The van der Waals surface area contributed by atoms with E-state index in [0.29, 0.717) is 0 Å². The van der Waals surface area contributed by atoms with Crippen molar-refractivity contribution in [2.45, 2.75) is 19.9 Å². The van der Waals surface area contributed by atoms with Gasteiger partial charge in [-0.05, 0) is 37.3 Å². The van der Waals surface area contributed by atoms with Crippen LogP contribution in [-0.4, -0.2) is 14.5 Å². The molecule has 3 nitrogen and oxygen atoms in total. The molecule has 98 valence electrons. The molecule has 0 fully saturated rings. The molecule has 0 radical (unpaired) electrons. The predicted molar refractivity (Wildman–Crippen MR) is 85.4 cm³/mol. The summed E-state index contributed by atoms with van der Waals surface area (Å²) in [7, 11) is 0. The summed E-state index contributed by atoms with van der Waals surface area (Å²) in [5.41, 5.74) is 3.29. The van der Waals surface area contributed by atoms with Gasteiger partial charge in [-0.3, -0.25) is 0 Å². The number of benzene rings is 1. The van der Waals surface area contributed by atoms with Gasteiger partial charge in [-0.1, -0.05) is 15.9 Å². The highest BCUT2D eigenvalue weighted by molar-refractivity contribution is 9.10. The summed E-state index contributed by atoms with van der Waals surface area (Å²) in [4.78, 5) is 7.73. The minimum absolute atomic E-state index is 0.765. The monoisotopic (exact) mass is 353 g/mol. The third-order valence-corrected chi connectivity index (χ3v) is 4.79. The first kappa shape index (κ1) is 13.0. The van der Waals surface area contributed by atoms with E-state index in [9.17, 15) is 0 Å². The van der Waals surface area contributed by atoms with Gasteiger partial charge < -0.3 is 9.55 Å². The van der Waals surface area contributed by atoms with Crippen molar-refractivity contribution in [2.75, 3.05) is 0 Å². The second-order valence-corrected chi connectivity index (χ2v) is 6.62. The fourth-order valence-corrected chi connectivity index (χ4v) is 3.51. The van der Waals surface area contributed by atoms with Crippen molar-refractivity contribution in [2.24, 2.45) is 0 Å². The molecule has 1 N–H and O–H groups in total. The van der Waals surface area contributed by atoms with Crippen LogP contribution in [0.15, 0.2) is 28.1 Å². The number of thiazole rings is 1. The average molecular weight is 354 g/mol. The summed E-state index contributed by atoms with van der Waals surface area (Å²) < 4.78 is 3.95. The molecular formula is C13H12BrN3S2. The van der Waals surface area contributed by atoms with Crippen molar-refractivity contribution in [1.29, 1.82) is 0 Å². The molecule has 0 atom stereocenters. The van der Waals surface area contributed by atoms with E-state index in [1.54, 1.807) is 11.3 Å². The van der Waals surface area contributed by atoms with Gasteiger partial charge in [-0.15, -0.1) is 11.3 Å². The number of fused-ring (bicyclic) bond motifs is 1. The second kappa shape index (κ2) is 5.19. The quantitative estimate of drug-likeness (QED) is 0.704. The highest BCUT2D eigenvalue weighted by Crippen LogP contribution is 2.20. The van der Waals surface area contributed by atoms with E-state index in [4.69, 9.17) is 12.2 Å². The predicted octanol–water partition coefficient (Wildman–Crippen LogP) is 4.47. The Bertz CT molecular complexity index is 785. The van der Waals surface area contributed by atoms with Crippen LogP contribution in [0.5, 0.6) is 0 Å². The highest BCUT2D eigenvalue weighted by atomic mass is 79.9. The lowest BCUT2D eigenvalue weighted by Crippen LogP contribution is -2.01. The number of aromatic nitrogens is 3. The van der Waals surface area contributed by atoms with Crippen molar-refractivity contribution in [3.05, 3.63) is 43.5 Å². The van der Waals surface area contributed by atoms with Gasteiger partial charge in [-0.2, -0.15) is 0 Å². The first-order valence-corrected chi connectivity index (χ1v) is 8.00. The van der Waals surface area contributed by atoms with Crippen molar-refractivity contribution in [3.63, 3.8) is 0 Å². The lowest BCUT2D eigenvalue weighted by atomic mass is 10.3. The molecule has 2 heterocycles. The second-order valence-electron chi connectivity index (χ2n) is 4.38. The molecule has 0 saturated heterocycles. The summed E-state index contributed by atoms with van der Waals surface area (Å²) in [6.07, 6.45) is 0.913. The summed E-state index contributed by atoms with van der Waals surface area (Å²) in [5.74, 6) is 0. The standard InChI is InChI=1S/C13H12BrN3S2/c1-8-7-19-12(15-8)4-5-17-11-3-2-9(14)6-10(11)16-13(17)18/h2-3,6-7H,4-5H2,1H3,(H,16,18). The van der Waals surface area contributed by atoms with Gasteiger partial charge in [0.25, 0.3) is 0 Å². The van der Waals surface area contributed by atoms with Gasteiger partial charge in [0, 0.05) is 28.5 Å². The zero-order valence-electron chi connectivity index (χ0n) is 10.3. The van der Waals surface area contributed by atoms with Crippen molar-refractivity contribution < 1.29 is 0 Å². The highest BCUT2D eigenvalue weighted by Gasteiger charge is 2.06. The Kier molecular flexibility index (Phi) is 3.56. The Labute approximate surface area is 128 Å². The molecule has 0 spiro atoms. The molecular weight excluding hydrogens is 342 g/mol. The van der Waals surface area contributed by atoms with Crippen LogP contribution < -0.4 is 0 Å². The van der Waals surface area contributed by atoms with E-state index in [0.717, 1.165) is 43.9 Å². The third-order valence-electron chi connectivity index (χ3n) is 2.95. The van der Waals surface area contributed by atoms with Gasteiger partial charge in [0.1, 0.15) is 0 Å². The fourth-order valence-electron chi connectivity index (χ4n) is 2.08. The number of nitrogens with one attached hydrogen (secondary N) is 1. The van der Waals surface area contributed by atoms with E-state index in [-0.39, 0.29) is 0 Å². The van der Waals surface area contributed by atoms with E-state index in [1.165, 1.54) is 0 Å². The summed E-state index contributed by atoms with van der Waals surface area (Å²) in [6, 6.07) is 6.17. The summed E-state index contributed by atoms with van der Waals surface area (Å²) in [5, 5.41) is 3.24. The normalized spacial score (nSPS) is 11.3. The molecule has 1 aromatic carbocycles. The number of hydrogen-bond acceptors (Lipinski definition) is 3. The molecule has 0 aliphatic carbocycles. The zero-order chi connectivity index (χ0) is 13.4. The molecule has 0 amide bonds. The number of aryl methyl sites for hydroxylation is 3. The Balaban J connectivity index is 1.92. The molecule has 0 unspecified atom stereocenters. The molecule has 0 aliphatic heterocycles. The van der Waals surface area contributed by atoms with E-state index in [1.807, 2.05) is 13.0 Å². The maximum absolute atomic E-state index is 5.39. The van der Waals surface area contributed by atoms with Gasteiger partial charge in [-0.25, -0.2) is 4.98 Å². The molecule has 19 heavy (non-hydrogen) atoms. The largest absolute Gasteiger partial charge is 0.331 e. The van der Waals surface area contributed by atoms with E-state index in [2.05, 4.69) is 48.0 Å². The average Bonchev–Trinajstić information content (AvgIpc) is 2.89. The van der Waals surface area contributed by atoms with Crippen LogP contribution in [0.4, 0.5) is 0 Å². The molecule has 6 heteroatoms. The molecule has 3 rings (SSSR count). The van der Waals surface area contributed by atoms with Gasteiger partial charge in [0.15, 0.2) is 4.77 Å². The van der Waals surface area contributed by atoms with Crippen LogP contribution in [0.25, 0.3) is 11.0 Å². The zero-order valence-corrected chi connectivity index (χ0v) is 13.5. The molecule has 0 saturated carbocycles. The molecule has 2 aromatic heterocycles. The minimum atomic E-state index is 0.765. The lowest BCUT2D eigenvalue weighted by molar-refractivity contribution is 0.703. The smallest absolute Gasteiger partial charge is 0.178 e. The number of rotatable bonds is 3. The van der Waals surface area contributed by atoms with Gasteiger partial charge >= 0.3 is 0 Å². The number of H-pyrrole nitrogens is 1. The van der Waals surface area contributed by atoms with Crippen molar-refractivity contribution in [1.82, 2.24) is 14.5 Å². The maximum atomic E-state index is 5.39. The van der Waals surface area contributed by atoms with Gasteiger partial charge in [0.2, 0.25) is 0 Å². The Hall–Kier alpha value is -0.980. The summed E-state index contributed by atoms with van der Waals surface area (Å²) >= 11 is 10.6. The van der Waals surface area contributed by atoms with Crippen molar-refractivity contribution in [3.8, 4) is 0 Å². The van der Waals surface area contributed by atoms with Crippen LogP contribution in [0.3, 0.4) is 0 Å². The minimum Gasteiger partial charge on any atom is -0.331 e. The third kappa shape index (κ3) is 2.66. The van der Waals surface area contributed by atoms with Crippen LogP contribution in [0.2, 0.25) is 0 Å². The first-order valence-electron chi connectivity index (χ1n) is 5.92. The topological polar surface area (TPSA) is 33.6 Å². The number of halogens is 1. The first-order chi connectivity index (χ1) is 9.13. The van der Waals surface area contributed by atoms with E-state index >= 15 is 0 Å². The van der Waals surface area contributed by atoms with Crippen LogP contribution in [0, 0.1) is 11.7 Å². The molecule has 3 aromatic rings. The number of aromatic amines is 1. The van der Waals surface area contributed by atoms with Crippen LogP contribution in [-0.2, 0) is 13.0 Å².